The van der Waals surface area contributed by atoms with Crippen molar-refractivity contribution in [2.24, 2.45) is 0 Å². The fraction of sp³-hybridized carbons (Fsp3) is 0.312. The highest BCUT2D eigenvalue weighted by Crippen LogP contribution is 2.35. The minimum Gasteiger partial charge on any atom is -0.468 e. The maximum Gasteiger partial charge on any atom is 0.325 e. The predicted octanol–water partition coefficient (Wildman–Crippen LogP) is 1.52. The molecule has 0 radical (unpaired) electrons. The first kappa shape index (κ1) is 16.9. The zero-order chi connectivity index (χ0) is 18.0. The van der Waals surface area contributed by atoms with Crippen molar-refractivity contribution in [1.29, 1.82) is 0 Å². The number of methoxy groups -OCH3 is 1. The van der Waals surface area contributed by atoms with Crippen LogP contribution < -0.4 is 5.32 Å². The molecular weight excluding hydrogens is 334 g/mol. The first-order chi connectivity index (χ1) is 12.0. The maximum atomic E-state index is 14.3. The van der Waals surface area contributed by atoms with E-state index in [9.17, 15) is 18.4 Å². The Bertz CT molecular complexity index is 808. The molecule has 7 nitrogen and oxygen atoms in total. The number of hydrogen-bond acceptors (Lipinski definition) is 4. The Hall–Kier alpha value is -2.97. The third-order valence-electron chi connectivity index (χ3n) is 4.07. The van der Waals surface area contributed by atoms with Crippen molar-refractivity contribution in [3.05, 3.63) is 53.1 Å². The summed E-state index contributed by atoms with van der Waals surface area (Å²) in [5, 5.41) is 2.42. The second kappa shape index (κ2) is 6.88. The van der Waals surface area contributed by atoms with E-state index in [1.165, 1.54) is 30.5 Å². The molecular formula is C16H16F2N4O3. The molecule has 0 bridgehead atoms. The number of ether oxygens (including phenoxy) is 1. The topological polar surface area (TPSA) is 87.3 Å². The molecule has 132 valence electrons. The highest BCUT2D eigenvalue weighted by atomic mass is 19.2. The minimum absolute atomic E-state index is 0.00117. The summed E-state index contributed by atoms with van der Waals surface area (Å²) in [6.07, 6.45) is 1.93. The van der Waals surface area contributed by atoms with Gasteiger partial charge in [-0.05, 0) is 6.07 Å². The first-order valence-corrected chi connectivity index (χ1v) is 7.60. The molecule has 3 rings (SSSR count). The van der Waals surface area contributed by atoms with E-state index in [1.807, 2.05) is 0 Å². The van der Waals surface area contributed by atoms with Gasteiger partial charge in [-0.25, -0.2) is 18.6 Å². The molecule has 9 heteroatoms. The molecule has 2 amide bonds. The number of aromatic amines is 1. The van der Waals surface area contributed by atoms with Crippen molar-refractivity contribution in [2.75, 3.05) is 20.2 Å². The fourth-order valence-electron chi connectivity index (χ4n) is 2.86. The third-order valence-corrected chi connectivity index (χ3v) is 4.07. The van der Waals surface area contributed by atoms with Crippen LogP contribution >= 0.6 is 0 Å². The Morgan fingerprint density at radius 2 is 2.24 bits per heavy atom. The number of halogens is 2. The summed E-state index contributed by atoms with van der Waals surface area (Å²) in [5.41, 5.74) is 1.20. The second-order valence-electron chi connectivity index (χ2n) is 5.49. The molecule has 0 saturated heterocycles. The number of fused-ring (bicyclic) bond motifs is 1. The summed E-state index contributed by atoms with van der Waals surface area (Å²) in [6.45, 7) is -0.0690. The smallest absolute Gasteiger partial charge is 0.325 e. The molecule has 1 atom stereocenters. The molecule has 25 heavy (non-hydrogen) atoms. The van der Waals surface area contributed by atoms with E-state index in [0.717, 1.165) is 11.8 Å². The largest absolute Gasteiger partial charge is 0.468 e. The number of benzene rings is 1. The van der Waals surface area contributed by atoms with Crippen molar-refractivity contribution in [2.45, 2.75) is 12.5 Å². The van der Waals surface area contributed by atoms with E-state index in [1.54, 1.807) is 0 Å². The number of amides is 2. The number of carbonyl (C=O) groups excluding carboxylic acids is 2. The van der Waals surface area contributed by atoms with E-state index in [4.69, 9.17) is 0 Å². The molecule has 0 saturated carbocycles. The molecule has 1 aliphatic rings. The predicted molar refractivity (Wildman–Crippen MR) is 82.6 cm³/mol. The highest BCUT2D eigenvalue weighted by molar-refractivity contribution is 5.81. The quantitative estimate of drug-likeness (QED) is 0.822. The van der Waals surface area contributed by atoms with Crippen molar-refractivity contribution in [3.8, 4) is 0 Å². The summed E-state index contributed by atoms with van der Waals surface area (Å²) in [4.78, 5) is 32.2. The number of hydrogen-bond donors (Lipinski definition) is 2. The zero-order valence-corrected chi connectivity index (χ0v) is 13.4. The van der Waals surface area contributed by atoms with Gasteiger partial charge in [-0.15, -0.1) is 0 Å². The van der Waals surface area contributed by atoms with Gasteiger partial charge in [0.2, 0.25) is 0 Å². The summed E-state index contributed by atoms with van der Waals surface area (Å²) >= 11 is 0. The average molecular weight is 350 g/mol. The second-order valence-corrected chi connectivity index (χ2v) is 5.49. The van der Waals surface area contributed by atoms with Gasteiger partial charge in [-0.3, -0.25) is 4.79 Å². The van der Waals surface area contributed by atoms with E-state index in [2.05, 4.69) is 20.0 Å². The summed E-state index contributed by atoms with van der Waals surface area (Å²) in [7, 11) is 1.20. The lowest BCUT2D eigenvalue weighted by Gasteiger charge is -2.35. The van der Waals surface area contributed by atoms with Crippen LogP contribution in [0.3, 0.4) is 0 Å². The van der Waals surface area contributed by atoms with Gasteiger partial charge in [0.05, 0.1) is 19.1 Å². The molecule has 2 N–H and O–H groups in total. The number of nitrogens with zero attached hydrogens (tertiary/aromatic N) is 2. The summed E-state index contributed by atoms with van der Waals surface area (Å²) in [6, 6.07) is 2.30. The molecule has 0 spiro atoms. The standard InChI is InChI=1S/C16H16F2N4O3/c1-25-12(23)7-19-16(24)22-6-5-11-14(21-8-20-11)15(22)9-3-2-4-10(17)13(9)18/h2-4,8,15H,5-7H2,1H3,(H,19,24)(H,20,21). The molecule has 1 aliphatic heterocycles. The van der Waals surface area contributed by atoms with Crippen molar-refractivity contribution >= 4 is 12.0 Å². The van der Waals surface area contributed by atoms with Crippen LogP contribution in [0.4, 0.5) is 13.6 Å². The highest BCUT2D eigenvalue weighted by Gasteiger charge is 2.36. The Balaban J connectivity index is 1.96. The number of urea groups is 1. The van der Waals surface area contributed by atoms with Gasteiger partial charge in [0.1, 0.15) is 12.6 Å². The molecule has 0 aliphatic carbocycles. The Kier molecular flexibility index (Phi) is 4.64. The Morgan fingerprint density at radius 1 is 1.44 bits per heavy atom. The first-order valence-electron chi connectivity index (χ1n) is 7.60. The van der Waals surface area contributed by atoms with Gasteiger partial charge < -0.3 is 19.9 Å². The maximum absolute atomic E-state index is 14.3. The summed E-state index contributed by atoms with van der Waals surface area (Å²) < 4.78 is 32.5. The lowest BCUT2D eigenvalue weighted by atomic mass is 9.95. The minimum atomic E-state index is -1.03. The molecule has 1 aromatic heterocycles. The van der Waals surface area contributed by atoms with Crippen molar-refractivity contribution in [1.82, 2.24) is 20.2 Å². The molecule has 1 aromatic carbocycles. The van der Waals surface area contributed by atoms with Crippen molar-refractivity contribution < 1.29 is 23.1 Å². The van der Waals surface area contributed by atoms with Crippen LogP contribution in [0.15, 0.2) is 24.5 Å². The van der Waals surface area contributed by atoms with Crippen LogP contribution in [0.2, 0.25) is 0 Å². The van der Waals surface area contributed by atoms with Gasteiger partial charge >= 0.3 is 12.0 Å². The number of nitrogens with one attached hydrogen (secondary N) is 2. The van der Waals surface area contributed by atoms with Crippen LogP contribution in [0, 0.1) is 11.6 Å². The van der Waals surface area contributed by atoms with Gasteiger partial charge in [0.25, 0.3) is 0 Å². The van der Waals surface area contributed by atoms with E-state index >= 15 is 0 Å². The SMILES string of the molecule is COC(=O)CNC(=O)N1CCc2[nH]cnc2C1c1cccc(F)c1F. The number of H-pyrrole nitrogens is 1. The molecule has 1 unspecified atom stereocenters. The van der Waals surface area contributed by atoms with Crippen molar-refractivity contribution in [3.63, 3.8) is 0 Å². The van der Waals surface area contributed by atoms with Gasteiger partial charge in [-0.1, -0.05) is 12.1 Å². The number of esters is 1. The number of rotatable bonds is 3. The van der Waals surface area contributed by atoms with Crippen LogP contribution in [-0.2, 0) is 16.0 Å². The molecule has 2 aromatic rings. The lowest BCUT2D eigenvalue weighted by molar-refractivity contribution is -0.139. The Labute approximate surface area is 142 Å². The number of imidazole rings is 1. The van der Waals surface area contributed by atoms with Gasteiger partial charge in [-0.2, -0.15) is 0 Å². The number of aromatic nitrogens is 2. The van der Waals surface area contributed by atoms with Crippen LogP contribution in [-0.4, -0.2) is 47.1 Å². The van der Waals surface area contributed by atoms with Crippen LogP contribution in [0.1, 0.15) is 23.0 Å². The number of carbonyl (C=O) groups is 2. The third kappa shape index (κ3) is 3.17. The van der Waals surface area contributed by atoms with Crippen LogP contribution in [0.25, 0.3) is 0 Å². The average Bonchev–Trinajstić information content (AvgIpc) is 3.09. The molecule has 2 heterocycles. The van der Waals surface area contributed by atoms with Gasteiger partial charge in [0.15, 0.2) is 11.6 Å². The molecule has 0 fully saturated rings. The normalized spacial score (nSPS) is 16.3. The lowest BCUT2D eigenvalue weighted by Crippen LogP contribution is -2.47. The van der Waals surface area contributed by atoms with E-state index in [0.29, 0.717) is 12.1 Å². The summed E-state index contributed by atoms with van der Waals surface area (Å²) in [5.74, 6) is -2.65. The van der Waals surface area contributed by atoms with Crippen LogP contribution in [0.5, 0.6) is 0 Å². The van der Waals surface area contributed by atoms with E-state index < -0.39 is 29.7 Å². The van der Waals surface area contributed by atoms with Gasteiger partial charge in [0, 0.05) is 24.2 Å². The Morgan fingerprint density at radius 3 is 3.00 bits per heavy atom. The fourth-order valence-corrected chi connectivity index (χ4v) is 2.86. The zero-order valence-electron chi connectivity index (χ0n) is 13.4. The van der Waals surface area contributed by atoms with E-state index in [-0.39, 0.29) is 18.7 Å². The monoisotopic (exact) mass is 350 g/mol.